The van der Waals surface area contributed by atoms with Crippen LogP contribution < -0.4 is 0 Å². The molecule has 0 unspecified atom stereocenters. The fourth-order valence-electron chi connectivity index (χ4n) is 0.781. The smallest absolute Gasteiger partial charge is 0.307 e. The number of esters is 1. The summed E-state index contributed by atoms with van der Waals surface area (Å²) in [5, 5.41) is 7.97. The second kappa shape index (κ2) is 9.47. The summed E-state index contributed by atoms with van der Waals surface area (Å²) in [5.41, 5.74) is 0. The van der Waals surface area contributed by atoms with Crippen molar-refractivity contribution < 1.29 is 9.53 Å². The normalized spacial score (nSPS) is 13.1. The summed E-state index contributed by atoms with van der Waals surface area (Å²) in [5.74, 6) is 0.619. The van der Waals surface area contributed by atoms with E-state index in [2.05, 4.69) is 6.58 Å². The highest BCUT2D eigenvalue weighted by Crippen LogP contribution is 2.18. The molecule has 0 aromatic heterocycles. The highest BCUT2D eigenvalue weighted by atomic mass is 16.5. The highest BCUT2D eigenvalue weighted by molar-refractivity contribution is 5.67. The maximum Gasteiger partial charge on any atom is 0.307 e. The summed E-state index contributed by atoms with van der Waals surface area (Å²) in [4.78, 5) is 10.2. The topological polar surface area (TPSA) is 50.1 Å². The molecule has 16 heavy (non-hydrogen) atoms. The molecule has 0 saturated heterocycles. The van der Waals surface area contributed by atoms with Gasteiger partial charge in [-0.1, -0.05) is 30.9 Å². The third-order valence-electron chi connectivity index (χ3n) is 1.57. The summed E-state index contributed by atoms with van der Waals surface area (Å²) < 4.78 is 4.71. The molecule has 0 atom stereocenters. The van der Waals surface area contributed by atoms with Gasteiger partial charge in [-0.2, -0.15) is 5.26 Å². The van der Waals surface area contributed by atoms with E-state index in [1.54, 1.807) is 24.3 Å². The zero-order valence-electron chi connectivity index (χ0n) is 9.35. The third kappa shape index (κ3) is 8.52. The molecule has 0 aliphatic heterocycles. The molecule has 0 bridgehead atoms. The molecule has 0 spiro atoms. The molecule has 1 aliphatic rings. The Balaban J connectivity index is 0.000000281. The van der Waals surface area contributed by atoms with Gasteiger partial charge in [-0.15, -0.1) is 0 Å². The van der Waals surface area contributed by atoms with E-state index in [9.17, 15) is 4.79 Å². The van der Waals surface area contributed by atoms with Gasteiger partial charge >= 0.3 is 5.97 Å². The predicted molar refractivity (Wildman–Crippen MR) is 63.2 cm³/mol. The van der Waals surface area contributed by atoms with Crippen molar-refractivity contribution >= 4 is 5.97 Å². The van der Waals surface area contributed by atoms with Crippen LogP contribution in [0.2, 0.25) is 0 Å². The van der Waals surface area contributed by atoms with Crippen LogP contribution in [0.15, 0.2) is 48.8 Å². The number of rotatable bonds is 3. The molecule has 0 amide bonds. The van der Waals surface area contributed by atoms with Gasteiger partial charge in [0.25, 0.3) is 0 Å². The molecule has 0 aromatic rings. The van der Waals surface area contributed by atoms with E-state index in [0.717, 1.165) is 18.6 Å². The Bertz CT molecular complexity index is 357. The molecule has 0 heterocycles. The number of nitriles is 1. The van der Waals surface area contributed by atoms with E-state index in [-0.39, 0.29) is 5.97 Å². The van der Waals surface area contributed by atoms with E-state index in [0.29, 0.717) is 0 Å². The fraction of sp³-hybridized carbons (Fsp3) is 0.231. The molecule has 0 saturated carbocycles. The molecule has 1 rings (SSSR count). The van der Waals surface area contributed by atoms with Crippen LogP contribution in [0.1, 0.15) is 19.8 Å². The van der Waals surface area contributed by atoms with Crippen molar-refractivity contribution in [3.8, 4) is 6.07 Å². The first-order chi connectivity index (χ1) is 7.70. The zero-order chi connectivity index (χ0) is 12.2. The average Bonchev–Trinajstić information content (AvgIpc) is 2.20. The van der Waals surface area contributed by atoms with Crippen molar-refractivity contribution in [2.24, 2.45) is 0 Å². The minimum atomic E-state index is -0.212. The molecular formula is C13H15NO2. The molecule has 3 nitrogen and oxygen atoms in total. The number of allylic oxidation sites excluding steroid dienone is 7. The number of nitrogens with zero attached hydrogens (tertiary/aromatic N) is 1. The molecule has 1 aliphatic carbocycles. The van der Waals surface area contributed by atoms with Gasteiger partial charge in [-0.25, -0.2) is 0 Å². The Hall–Kier alpha value is -2.08. The molecule has 0 aromatic carbocycles. The van der Waals surface area contributed by atoms with Crippen LogP contribution in [-0.2, 0) is 9.53 Å². The minimum Gasteiger partial charge on any atom is -0.432 e. The van der Waals surface area contributed by atoms with Crippen molar-refractivity contribution in [3.05, 3.63) is 48.8 Å². The summed E-state index contributed by atoms with van der Waals surface area (Å²) in [6.07, 6.45) is 12.1. The largest absolute Gasteiger partial charge is 0.432 e. The second-order valence-corrected chi connectivity index (χ2v) is 2.91. The number of hydrogen-bond acceptors (Lipinski definition) is 3. The van der Waals surface area contributed by atoms with E-state index in [1.807, 2.05) is 12.1 Å². The van der Waals surface area contributed by atoms with Crippen molar-refractivity contribution in [2.75, 3.05) is 0 Å². The Morgan fingerprint density at radius 3 is 2.56 bits per heavy atom. The van der Waals surface area contributed by atoms with E-state index < -0.39 is 0 Å². The van der Waals surface area contributed by atoms with E-state index in [1.165, 1.54) is 13.0 Å². The van der Waals surface area contributed by atoms with Gasteiger partial charge in [0.1, 0.15) is 5.76 Å². The molecule has 0 radical (unpaired) electrons. The highest BCUT2D eigenvalue weighted by Gasteiger charge is 2.07. The van der Waals surface area contributed by atoms with Crippen LogP contribution >= 0.6 is 0 Å². The van der Waals surface area contributed by atoms with Crippen LogP contribution in [0, 0.1) is 11.3 Å². The first-order valence-corrected chi connectivity index (χ1v) is 4.92. The van der Waals surface area contributed by atoms with Gasteiger partial charge in [0, 0.05) is 19.4 Å². The van der Waals surface area contributed by atoms with Gasteiger partial charge in [0.15, 0.2) is 0 Å². The Labute approximate surface area is 96.0 Å². The summed E-state index contributed by atoms with van der Waals surface area (Å²) >= 11 is 0. The summed E-state index contributed by atoms with van der Waals surface area (Å²) in [6, 6.07) is 1.86. The van der Waals surface area contributed by atoms with Crippen molar-refractivity contribution in [2.45, 2.75) is 19.8 Å². The number of ether oxygens (including phenoxy) is 1. The lowest BCUT2D eigenvalue weighted by Crippen LogP contribution is -2.03. The molecule has 84 valence electrons. The van der Waals surface area contributed by atoms with Crippen LogP contribution in [0.25, 0.3) is 0 Å². The Morgan fingerprint density at radius 1 is 1.56 bits per heavy atom. The lowest BCUT2D eigenvalue weighted by molar-refractivity contribution is -0.137. The molecular weight excluding hydrogens is 202 g/mol. The monoisotopic (exact) mass is 217 g/mol. The minimum absolute atomic E-state index is 0.212. The first kappa shape index (κ1) is 13.9. The van der Waals surface area contributed by atoms with Gasteiger partial charge in [0.05, 0.1) is 6.07 Å². The molecule has 0 N–H and O–H groups in total. The summed E-state index contributed by atoms with van der Waals surface area (Å²) in [6.45, 7) is 4.87. The van der Waals surface area contributed by atoms with Gasteiger partial charge < -0.3 is 4.74 Å². The van der Waals surface area contributed by atoms with Crippen molar-refractivity contribution in [3.63, 3.8) is 0 Å². The molecule has 3 heteroatoms. The number of carbonyl (C=O) groups is 1. The lowest BCUT2D eigenvalue weighted by atomic mass is 10.1. The van der Waals surface area contributed by atoms with Crippen LogP contribution in [-0.4, -0.2) is 5.97 Å². The molecule has 0 fully saturated rings. The second-order valence-electron chi connectivity index (χ2n) is 2.91. The average molecular weight is 217 g/mol. The maximum atomic E-state index is 10.2. The zero-order valence-corrected chi connectivity index (χ0v) is 9.35. The predicted octanol–water partition coefficient (Wildman–Crippen LogP) is 3.04. The van der Waals surface area contributed by atoms with Crippen LogP contribution in [0.5, 0.6) is 0 Å². The van der Waals surface area contributed by atoms with Gasteiger partial charge in [-0.3, -0.25) is 4.79 Å². The maximum absolute atomic E-state index is 10.2. The standard InChI is InChI=1S/C7H7N.C6H8O2/c1-2-3-4-5-6-7-8;1-5(7)8-6-3-2-4-6/h2-6H,1H2;3H,2,4H2,1H3. The number of carbonyl (C=O) groups excluding carboxylic acids is 1. The van der Waals surface area contributed by atoms with Crippen LogP contribution in [0.4, 0.5) is 0 Å². The van der Waals surface area contributed by atoms with Gasteiger partial charge in [-0.05, 0) is 12.5 Å². The summed E-state index contributed by atoms with van der Waals surface area (Å²) in [7, 11) is 0. The third-order valence-corrected chi connectivity index (χ3v) is 1.57. The van der Waals surface area contributed by atoms with Crippen LogP contribution in [0.3, 0.4) is 0 Å². The lowest BCUT2D eigenvalue weighted by Gasteiger charge is -2.11. The SMILES string of the molecule is C=CC=CC=CC#N.CC(=O)OC1=CCC1. The Morgan fingerprint density at radius 2 is 2.25 bits per heavy atom. The van der Waals surface area contributed by atoms with Crippen molar-refractivity contribution in [1.82, 2.24) is 0 Å². The van der Waals surface area contributed by atoms with E-state index >= 15 is 0 Å². The Kier molecular flexibility index (Phi) is 8.24. The van der Waals surface area contributed by atoms with Crippen molar-refractivity contribution in [1.29, 1.82) is 5.26 Å². The van der Waals surface area contributed by atoms with E-state index in [4.69, 9.17) is 10.00 Å². The quantitative estimate of drug-likeness (QED) is 0.414. The number of hydrogen-bond donors (Lipinski definition) is 0. The fourth-order valence-corrected chi connectivity index (χ4v) is 0.781. The first-order valence-electron chi connectivity index (χ1n) is 4.92. The van der Waals surface area contributed by atoms with Gasteiger partial charge in [0.2, 0.25) is 0 Å².